The lowest BCUT2D eigenvalue weighted by molar-refractivity contribution is -0.140. The van der Waals surface area contributed by atoms with Gasteiger partial charge in [-0.25, -0.2) is 0 Å². The fourth-order valence-electron chi connectivity index (χ4n) is 3.86. The molecule has 2 aliphatic rings. The normalized spacial score (nSPS) is 21.2. The third-order valence-corrected chi connectivity index (χ3v) is 5.28. The highest BCUT2D eigenvalue weighted by Crippen LogP contribution is 2.22. The number of nitrogens with zero attached hydrogens (tertiary/aromatic N) is 4. The summed E-state index contributed by atoms with van der Waals surface area (Å²) in [5.74, 6) is 0.279. The van der Waals surface area contributed by atoms with Gasteiger partial charge in [0.15, 0.2) is 0 Å². The van der Waals surface area contributed by atoms with Crippen molar-refractivity contribution < 1.29 is 9.53 Å². The predicted octanol–water partition coefficient (Wildman–Crippen LogP) is 1.75. The van der Waals surface area contributed by atoms with Crippen LogP contribution in [0.3, 0.4) is 0 Å². The van der Waals surface area contributed by atoms with Crippen molar-refractivity contribution in [1.82, 2.24) is 19.6 Å². The van der Waals surface area contributed by atoms with Crippen molar-refractivity contribution in [1.29, 1.82) is 0 Å². The SMILES string of the molecule is O=C([C@@H]1CCCN1Cc1ccc(Cn2cccn2)cc1)N1CCOCC1. The lowest BCUT2D eigenvalue weighted by Gasteiger charge is -2.32. The fraction of sp³-hybridized carbons (Fsp3) is 0.500. The molecule has 3 heterocycles. The Morgan fingerprint density at radius 3 is 2.50 bits per heavy atom. The second-order valence-electron chi connectivity index (χ2n) is 7.09. The Hall–Kier alpha value is -2.18. The molecule has 2 saturated heterocycles. The number of carbonyl (C=O) groups is 1. The quantitative estimate of drug-likeness (QED) is 0.821. The maximum atomic E-state index is 12.9. The van der Waals surface area contributed by atoms with Gasteiger partial charge in [0.25, 0.3) is 0 Å². The first kappa shape index (κ1) is 17.2. The number of ether oxygens (including phenoxy) is 1. The topological polar surface area (TPSA) is 50.6 Å². The molecule has 1 aromatic carbocycles. The molecule has 26 heavy (non-hydrogen) atoms. The average molecular weight is 354 g/mol. The van der Waals surface area contributed by atoms with Crippen LogP contribution >= 0.6 is 0 Å². The van der Waals surface area contributed by atoms with E-state index in [-0.39, 0.29) is 11.9 Å². The van der Waals surface area contributed by atoms with Crippen molar-refractivity contribution in [3.63, 3.8) is 0 Å². The number of benzene rings is 1. The molecule has 1 aromatic heterocycles. The van der Waals surface area contributed by atoms with E-state index < -0.39 is 0 Å². The summed E-state index contributed by atoms with van der Waals surface area (Å²) in [5, 5.41) is 4.25. The predicted molar refractivity (Wildman–Crippen MR) is 98.6 cm³/mol. The molecule has 2 aromatic rings. The third-order valence-electron chi connectivity index (χ3n) is 5.28. The standard InChI is InChI=1S/C20H26N4O2/c25-20(22-11-13-26-14-12-22)19-3-1-9-23(19)15-17-4-6-18(7-5-17)16-24-10-2-8-21-24/h2,4-8,10,19H,1,3,9,11-16H2/t19-/m0/s1. The molecule has 1 amide bonds. The first-order valence-corrected chi connectivity index (χ1v) is 9.45. The van der Waals surface area contributed by atoms with E-state index in [0.29, 0.717) is 13.2 Å². The fourth-order valence-corrected chi connectivity index (χ4v) is 3.86. The second-order valence-corrected chi connectivity index (χ2v) is 7.09. The number of morpholine rings is 1. The Balaban J connectivity index is 1.37. The van der Waals surface area contributed by atoms with Crippen LogP contribution in [0.5, 0.6) is 0 Å². The van der Waals surface area contributed by atoms with Gasteiger partial charge in [0.2, 0.25) is 5.91 Å². The van der Waals surface area contributed by atoms with Crippen LogP contribution in [-0.2, 0) is 22.6 Å². The third kappa shape index (κ3) is 3.97. The minimum absolute atomic E-state index is 0.0249. The van der Waals surface area contributed by atoms with E-state index in [9.17, 15) is 4.79 Å². The Morgan fingerprint density at radius 2 is 1.81 bits per heavy atom. The molecular formula is C20H26N4O2. The lowest BCUT2D eigenvalue weighted by atomic mass is 10.1. The Bertz CT molecular complexity index is 708. The minimum atomic E-state index is 0.0249. The molecule has 2 aliphatic heterocycles. The molecule has 6 heteroatoms. The zero-order chi connectivity index (χ0) is 17.8. The molecule has 2 fully saturated rings. The van der Waals surface area contributed by atoms with Gasteiger partial charge in [-0.2, -0.15) is 5.10 Å². The average Bonchev–Trinajstić information content (AvgIpc) is 3.35. The smallest absolute Gasteiger partial charge is 0.240 e. The summed E-state index contributed by atoms with van der Waals surface area (Å²) in [6, 6.07) is 10.6. The van der Waals surface area contributed by atoms with Gasteiger partial charge in [0, 0.05) is 32.0 Å². The van der Waals surface area contributed by atoms with E-state index >= 15 is 0 Å². The molecule has 0 spiro atoms. The van der Waals surface area contributed by atoms with Crippen molar-refractivity contribution in [3.8, 4) is 0 Å². The largest absolute Gasteiger partial charge is 0.378 e. The molecule has 0 aliphatic carbocycles. The molecule has 6 nitrogen and oxygen atoms in total. The van der Waals surface area contributed by atoms with Gasteiger partial charge in [-0.15, -0.1) is 0 Å². The highest BCUT2D eigenvalue weighted by Gasteiger charge is 2.34. The summed E-state index contributed by atoms with van der Waals surface area (Å²) in [7, 11) is 0. The van der Waals surface area contributed by atoms with Crippen molar-refractivity contribution in [2.45, 2.75) is 32.0 Å². The monoisotopic (exact) mass is 354 g/mol. The van der Waals surface area contributed by atoms with Crippen molar-refractivity contribution in [3.05, 3.63) is 53.9 Å². The maximum absolute atomic E-state index is 12.9. The molecule has 0 unspecified atom stereocenters. The van der Waals surface area contributed by atoms with Gasteiger partial charge in [0.05, 0.1) is 25.8 Å². The van der Waals surface area contributed by atoms with Crippen LogP contribution in [-0.4, -0.2) is 64.4 Å². The van der Waals surface area contributed by atoms with Gasteiger partial charge < -0.3 is 9.64 Å². The zero-order valence-corrected chi connectivity index (χ0v) is 15.1. The molecule has 0 saturated carbocycles. The van der Waals surface area contributed by atoms with E-state index in [1.165, 1.54) is 11.1 Å². The van der Waals surface area contributed by atoms with Gasteiger partial charge in [0.1, 0.15) is 0 Å². The highest BCUT2D eigenvalue weighted by atomic mass is 16.5. The van der Waals surface area contributed by atoms with Crippen LogP contribution in [0, 0.1) is 0 Å². The molecule has 0 radical (unpaired) electrons. The van der Waals surface area contributed by atoms with E-state index in [4.69, 9.17) is 4.74 Å². The number of likely N-dealkylation sites (tertiary alicyclic amines) is 1. The number of amides is 1. The number of carbonyl (C=O) groups excluding carboxylic acids is 1. The number of rotatable bonds is 5. The van der Waals surface area contributed by atoms with Crippen molar-refractivity contribution in [2.75, 3.05) is 32.8 Å². The van der Waals surface area contributed by atoms with E-state index in [2.05, 4.69) is 34.3 Å². The summed E-state index contributed by atoms with van der Waals surface area (Å²) < 4.78 is 7.29. The Kier molecular flexibility index (Phi) is 5.32. The summed E-state index contributed by atoms with van der Waals surface area (Å²) in [6.07, 6.45) is 5.83. The van der Waals surface area contributed by atoms with Crippen LogP contribution in [0.4, 0.5) is 0 Å². The summed E-state index contributed by atoms with van der Waals surface area (Å²) >= 11 is 0. The van der Waals surface area contributed by atoms with E-state index in [1.54, 1.807) is 6.20 Å². The van der Waals surface area contributed by atoms with Crippen LogP contribution in [0.25, 0.3) is 0 Å². The van der Waals surface area contributed by atoms with Crippen molar-refractivity contribution >= 4 is 5.91 Å². The van der Waals surface area contributed by atoms with Gasteiger partial charge in [-0.3, -0.25) is 14.4 Å². The zero-order valence-electron chi connectivity index (χ0n) is 15.1. The number of hydrogen-bond donors (Lipinski definition) is 0. The Labute approximate surface area is 154 Å². The number of aromatic nitrogens is 2. The summed E-state index contributed by atoms with van der Waals surface area (Å²) in [5.41, 5.74) is 2.50. The summed E-state index contributed by atoms with van der Waals surface area (Å²) in [4.78, 5) is 17.2. The molecule has 138 valence electrons. The van der Waals surface area contributed by atoms with Gasteiger partial charge in [-0.05, 0) is 36.6 Å². The molecular weight excluding hydrogens is 328 g/mol. The van der Waals surface area contributed by atoms with Crippen LogP contribution in [0.15, 0.2) is 42.7 Å². The summed E-state index contributed by atoms with van der Waals surface area (Å²) in [6.45, 7) is 5.40. The lowest BCUT2D eigenvalue weighted by Crippen LogP contribution is -2.49. The molecule has 0 bridgehead atoms. The Morgan fingerprint density at radius 1 is 1.08 bits per heavy atom. The highest BCUT2D eigenvalue weighted by molar-refractivity contribution is 5.82. The van der Waals surface area contributed by atoms with Crippen LogP contribution in [0.2, 0.25) is 0 Å². The van der Waals surface area contributed by atoms with Gasteiger partial charge >= 0.3 is 0 Å². The first-order valence-electron chi connectivity index (χ1n) is 9.45. The maximum Gasteiger partial charge on any atom is 0.240 e. The minimum Gasteiger partial charge on any atom is -0.378 e. The number of hydrogen-bond acceptors (Lipinski definition) is 4. The van der Waals surface area contributed by atoms with Crippen molar-refractivity contribution in [2.24, 2.45) is 0 Å². The van der Waals surface area contributed by atoms with E-state index in [1.807, 2.05) is 21.8 Å². The second kappa shape index (κ2) is 8.01. The van der Waals surface area contributed by atoms with E-state index in [0.717, 1.165) is 45.6 Å². The molecule has 1 atom stereocenters. The molecule has 4 rings (SSSR count). The molecule has 0 N–H and O–H groups in total. The van der Waals surface area contributed by atoms with Crippen LogP contribution in [0.1, 0.15) is 24.0 Å². The first-order chi connectivity index (χ1) is 12.8. The van der Waals surface area contributed by atoms with Crippen LogP contribution < -0.4 is 0 Å². The van der Waals surface area contributed by atoms with Gasteiger partial charge in [-0.1, -0.05) is 24.3 Å².